The van der Waals surface area contributed by atoms with Gasteiger partial charge in [0.05, 0.1) is 32.4 Å². The van der Waals surface area contributed by atoms with E-state index in [-0.39, 0.29) is 6.54 Å². The molecule has 1 atom stereocenters. The van der Waals surface area contributed by atoms with Crippen LogP contribution in [-0.2, 0) is 12.6 Å². The highest BCUT2D eigenvalue weighted by Gasteiger charge is 2.29. The van der Waals surface area contributed by atoms with E-state index in [1.54, 1.807) is 18.2 Å². The number of halogens is 3. The summed E-state index contributed by atoms with van der Waals surface area (Å²) in [6.45, 7) is 3.11. The maximum atomic E-state index is 12.6. The predicted octanol–water partition coefficient (Wildman–Crippen LogP) is 3.55. The second-order valence-corrected chi connectivity index (χ2v) is 6.75. The van der Waals surface area contributed by atoms with Gasteiger partial charge in [-0.15, -0.1) is 0 Å². The summed E-state index contributed by atoms with van der Waals surface area (Å²) in [7, 11) is 3.07. The summed E-state index contributed by atoms with van der Waals surface area (Å²) in [5.41, 5.74) is 0.725. The van der Waals surface area contributed by atoms with Gasteiger partial charge in [-0.05, 0) is 48.7 Å². The largest absolute Gasteiger partial charge is 0.497 e. The van der Waals surface area contributed by atoms with Crippen molar-refractivity contribution in [3.8, 4) is 11.5 Å². The average molecular weight is 439 g/mol. The molecule has 2 aromatic rings. The van der Waals surface area contributed by atoms with Crippen LogP contribution in [0, 0.1) is 0 Å². The molecule has 6 nitrogen and oxygen atoms in total. The van der Waals surface area contributed by atoms with Crippen LogP contribution in [0.25, 0.3) is 0 Å². The van der Waals surface area contributed by atoms with E-state index in [0.717, 1.165) is 17.7 Å². The molecule has 2 rings (SSSR count). The molecule has 0 fully saturated rings. The number of guanidine groups is 1. The fraction of sp³-hybridized carbons (Fsp3) is 0.409. The number of hydrogen-bond donors (Lipinski definition) is 3. The number of aliphatic hydroxyl groups excluding tert-OH is 1. The maximum absolute atomic E-state index is 12.6. The Kier molecular flexibility index (Phi) is 8.99. The lowest BCUT2D eigenvalue weighted by Crippen LogP contribution is -2.38. The number of rotatable bonds is 9. The fourth-order valence-corrected chi connectivity index (χ4v) is 2.83. The number of nitrogens with one attached hydrogen (secondary N) is 2. The second kappa shape index (κ2) is 11.5. The summed E-state index contributed by atoms with van der Waals surface area (Å²) in [6.07, 6.45) is -4.68. The summed E-state index contributed by atoms with van der Waals surface area (Å²) in [5, 5.41) is 16.7. The zero-order valence-electron chi connectivity index (χ0n) is 17.8. The Bertz CT molecular complexity index is 833. The third-order valence-corrected chi connectivity index (χ3v) is 4.51. The highest BCUT2D eigenvalue weighted by molar-refractivity contribution is 5.79. The monoisotopic (exact) mass is 439 g/mol. The van der Waals surface area contributed by atoms with Crippen molar-refractivity contribution in [1.29, 1.82) is 0 Å². The number of ether oxygens (including phenoxy) is 2. The minimum atomic E-state index is -4.34. The van der Waals surface area contributed by atoms with Crippen LogP contribution in [0.4, 0.5) is 13.2 Å². The van der Waals surface area contributed by atoms with Crippen molar-refractivity contribution in [3.63, 3.8) is 0 Å². The number of alkyl halides is 3. The minimum absolute atomic E-state index is 0.103. The van der Waals surface area contributed by atoms with Crippen LogP contribution < -0.4 is 20.1 Å². The molecule has 0 aliphatic heterocycles. The van der Waals surface area contributed by atoms with E-state index in [1.807, 2.05) is 6.92 Å². The van der Waals surface area contributed by atoms with Crippen LogP contribution in [-0.4, -0.2) is 44.9 Å². The Balaban J connectivity index is 1.95. The minimum Gasteiger partial charge on any atom is -0.497 e. The molecule has 170 valence electrons. The molecule has 0 saturated carbocycles. The van der Waals surface area contributed by atoms with Gasteiger partial charge in [0, 0.05) is 19.2 Å². The number of nitrogens with zero attached hydrogens (tertiary/aromatic N) is 1. The first-order chi connectivity index (χ1) is 14.8. The van der Waals surface area contributed by atoms with E-state index >= 15 is 0 Å². The molecular formula is C22H28F3N3O3. The Morgan fingerprint density at radius 2 is 1.65 bits per heavy atom. The Hall–Kier alpha value is -2.94. The van der Waals surface area contributed by atoms with Crippen molar-refractivity contribution in [2.45, 2.75) is 25.6 Å². The second-order valence-electron chi connectivity index (χ2n) is 6.75. The van der Waals surface area contributed by atoms with E-state index in [9.17, 15) is 18.3 Å². The van der Waals surface area contributed by atoms with Crippen LogP contribution >= 0.6 is 0 Å². The quantitative estimate of drug-likeness (QED) is 0.412. The molecule has 0 saturated heterocycles. The lowest BCUT2D eigenvalue weighted by molar-refractivity contribution is -0.137. The standard InChI is InChI=1S/C22H28F3N3O3/c1-4-26-21(27-10-9-15-5-7-17(8-6-15)22(23,24)25)28-14-20(29)16-11-18(30-2)13-19(12-16)31-3/h5-8,11-13,20,29H,4,9-10,14H2,1-3H3,(H2,26,27,28). The van der Waals surface area contributed by atoms with Crippen molar-refractivity contribution in [2.75, 3.05) is 33.9 Å². The lowest BCUT2D eigenvalue weighted by atomic mass is 10.1. The molecule has 0 heterocycles. The van der Waals surface area contributed by atoms with Crippen LogP contribution in [0.5, 0.6) is 11.5 Å². The van der Waals surface area contributed by atoms with Gasteiger partial charge in [-0.1, -0.05) is 12.1 Å². The summed E-state index contributed by atoms with van der Waals surface area (Å²) in [4.78, 5) is 4.39. The highest BCUT2D eigenvalue weighted by atomic mass is 19.4. The Morgan fingerprint density at radius 3 is 2.16 bits per heavy atom. The number of hydrogen-bond acceptors (Lipinski definition) is 4. The molecule has 0 amide bonds. The third-order valence-electron chi connectivity index (χ3n) is 4.51. The zero-order chi connectivity index (χ0) is 22.9. The number of aliphatic hydroxyl groups is 1. The average Bonchev–Trinajstić information content (AvgIpc) is 2.76. The summed E-state index contributed by atoms with van der Waals surface area (Å²) in [6, 6.07) is 10.2. The van der Waals surface area contributed by atoms with Crippen molar-refractivity contribution < 1.29 is 27.8 Å². The van der Waals surface area contributed by atoms with Crippen molar-refractivity contribution in [3.05, 3.63) is 59.2 Å². The molecule has 0 spiro atoms. The number of benzene rings is 2. The van der Waals surface area contributed by atoms with Crippen LogP contribution in [0.3, 0.4) is 0 Å². The van der Waals surface area contributed by atoms with Gasteiger partial charge in [-0.3, -0.25) is 4.99 Å². The number of methoxy groups -OCH3 is 2. The van der Waals surface area contributed by atoms with Gasteiger partial charge in [-0.25, -0.2) is 0 Å². The molecule has 0 aliphatic carbocycles. The van der Waals surface area contributed by atoms with Gasteiger partial charge in [0.1, 0.15) is 11.5 Å². The van der Waals surface area contributed by atoms with Gasteiger partial charge < -0.3 is 25.2 Å². The fourth-order valence-electron chi connectivity index (χ4n) is 2.83. The van der Waals surface area contributed by atoms with Crippen LogP contribution in [0.2, 0.25) is 0 Å². The Labute approximate surface area is 180 Å². The predicted molar refractivity (Wildman–Crippen MR) is 114 cm³/mol. The van der Waals surface area contributed by atoms with Crippen LogP contribution in [0.1, 0.15) is 29.7 Å². The topological polar surface area (TPSA) is 75.1 Å². The molecule has 0 radical (unpaired) electrons. The van der Waals surface area contributed by atoms with Gasteiger partial charge in [-0.2, -0.15) is 13.2 Å². The SMILES string of the molecule is CCNC(=NCC(O)c1cc(OC)cc(OC)c1)NCCc1ccc(C(F)(F)F)cc1. The molecular weight excluding hydrogens is 411 g/mol. The first kappa shape index (κ1) is 24.3. The smallest absolute Gasteiger partial charge is 0.416 e. The molecule has 9 heteroatoms. The lowest BCUT2D eigenvalue weighted by Gasteiger charge is -2.15. The normalized spacial score (nSPS) is 12.9. The Morgan fingerprint density at radius 1 is 1.03 bits per heavy atom. The van der Waals surface area contributed by atoms with Gasteiger partial charge in [0.15, 0.2) is 5.96 Å². The van der Waals surface area contributed by atoms with Crippen molar-refractivity contribution in [2.24, 2.45) is 4.99 Å². The molecule has 0 bridgehead atoms. The number of aliphatic imine (C=N–C) groups is 1. The van der Waals surface area contributed by atoms with E-state index in [4.69, 9.17) is 9.47 Å². The van der Waals surface area contributed by atoms with Gasteiger partial charge in [0.25, 0.3) is 0 Å². The first-order valence-corrected chi connectivity index (χ1v) is 9.86. The molecule has 3 N–H and O–H groups in total. The third kappa shape index (κ3) is 7.67. The van der Waals surface area contributed by atoms with E-state index < -0.39 is 17.8 Å². The van der Waals surface area contributed by atoms with Crippen molar-refractivity contribution >= 4 is 5.96 Å². The summed E-state index contributed by atoms with van der Waals surface area (Å²) in [5.74, 6) is 1.64. The molecule has 0 aromatic heterocycles. The molecule has 31 heavy (non-hydrogen) atoms. The van der Waals surface area contributed by atoms with Gasteiger partial charge in [0.2, 0.25) is 0 Å². The zero-order valence-corrected chi connectivity index (χ0v) is 17.8. The maximum Gasteiger partial charge on any atom is 0.416 e. The summed E-state index contributed by atoms with van der Waals surface area (Å²) >= 11 is 0. The van der Waals surface area contributed by atoms with E-state index in [0.29, 0.717) is 42.5 Å². The first-order valence-electron chi connectivity index (χ1n) is 9.86. The van der Waals surface area contributed by atoms with E-state index in [1.165, 1.54) is 26.4 Å². The highest BCUT2D eigenvalue weighted by Crippen LogP contribution is 2.29. The van der Waals surface area contributed by atoms with Gasteiger partial charge >= 0.3 is 6.18 Å². The van der Waals surface area contributed by atoms with Crippen LogP contribution in [0.15, 0.2) is 47.5 Å². The molecule has 1 unspecified atom stereocenters. The molecule has 0 aliphatic rings. The molecule has 2 aromatic carbocycles. The van der Waals surface area contributed by atoms with Crippen molar-refractivity contribution in [1.82, 2.24) is 10.6 Å². The van der Waals surface area contributed by atoms with E-state index in [2.05, 4.69) is 15.6 Å². The summed E-state index contributed by atoms with van der Waals surface area (Å²) < 4.78 is 48.4.